The van der Waals surface area contributed by atoms with Crippen molar-refractivity contribution in [1.82, 2.24) is 4.98 Å². The van der Waals surface area contributed by atoms with Gasteiger partial charge in [-0.3, -0.25) is 9.79 Å². The van der Waals surface area contributed by atoms with E-state index in [0.717, 1.165) is 12.1 Å². The number of pyridine rings is 1. The molecule has 11 heteroatoms. The highest BCUT2D eigenvalue weighted by Gasteiger charge is 2.45. The molecule has 0 bridgehead atoms. The molecule has 1 aliphatic heterocycles. The summed E-state index contributed by atoms with van der Waals surface area (Å²) in [5.41, 5.74) is 3.36. The molecule has 0 spiro atoms. The van der Waals surface area contributed by atoms with E-state index in [9.17, 15) is 18.0 Å². The lowest BCUT2D eigenvalue weighted by Crippen LogP contribution is -2.36. The quantitative estimate of drug-likeness (QED) is 0.760. The molecule has 0 saturated heterocycles. The van der Waals surface area contributed by atoms with Gasteiger partial charge in [-0.1, -0.05) is 0 Å². The van der Waals surface area contributed by atoms with Crippen LogP contribution in [0, 0.1) is 17.1 Å². The molecule has 0 radical (unpaired) electrons. The van der Waals surface area contributed by atoms with Crippen molar-refractivity contribution in [2.45, 2.75) is 18.4 Å². The van der Waals surface area contributed by atoms with Gasteiger partial charge in [0.25, 0.3) is 12.3 Å². The Kier molecular flexibility index (Phi) is 7.37. The van der Waals surface area contributed by atoms with Gasteiger partial charge >= 0.3 is 0 Å². The van der Waals surface area contributed by atoms with Gasteiger partial charge in [0.2, 0.25) is 0 Å². The Morgan fingerprint density at radius 2 is 2.10 bits per heavy atom. The normalized spacial score (nSPS) is 18.6. The van der Waals surface area contributed by atoms with E-state index in [-0.39, 0.29) is 54.8 Å². The third-order valence-electron chi connectivity index (χ3n) is 4.40. The second-order valence-electron chi connectivity index (χ2n) is 6.32. The summed E-state index contributed by atoms with van der Waals surface area (Å²) in [5, 5.41) is 11.3. The topological polar surface area (TPSA) is 113 Å². The van der Waals surface area contributed by atoms with Crippen molar-refractivity contribution in [2.24, 2.45) is 10.7 Å². The first kappa shape index (κ1) is 23.1. The molecule has 1 aromatic carbocycles. The molecule has 0 unspecified atom stereocenters. The van der Waals surface area contributed by atoms with Crippen molar-refractivity contribution in [2.75, 3.05) is 18.5 Å². The average Bonchev–Trinajstić information content (AvgIpc) is 2.91. The second-order valence-corrected chi connectivity index (χ2v) is 6.32. The summed E-state index contributed by atoms with van der Waals surface area (Å²) in [6.07, 6.45) is -2.11. The van der Waals surface area contributed by atoms with Gasteiger partial charge in [0.15, 0.2) is 5.54 Å². The highest BCUT2D eigenvalue weighted by Crippen LogP contribution is 2.40. The highest BCUT2D eigenvalue weighted by molar-refractivity contribution is 6.02. The summed E-state index contributed by atoms with van der Waals surface area (Å²) in [6.45, 7) is -0.212. The molecule has 2 heterocycles. The highest BCUT2D eigenvalue weighted by atomic mass is 35.5. The van der Waals surface area contributed by atoms with E-state index in [1.807, 2.05) is 6.07 Å². The number of anilines is 1. The summed E-state index contributed by atoms with van der Waals surface area (Å²) in [5.74, 6) is -1.72. The Balaban J connectivity index is 0.00000320. The van der Waals surface area contributed by atoms with Crippen LogP contribution in [-0.4, -0.2) is 36.4 Å². The molecule has 1 amide bonds. The zero-order valence-corrected chi connectivity index (χ0v) is 16.3. The van der Waals surface area contributed by atoms with Crippen LogP contribution in [0.1, 0.15) is 28.0 Å². The van der Waals surface area contributed by atoms with E-state index in [1.165, 1.54) is 24.4 Å². The fourth-order valence-corrected chi connectivity index (χ4v) is 2.94. The molecule has 2 aromatic rings. The predicted molar refractivity (Wildman–Crippen MR) is 105 cm³/mol. The number of hydrogen-bond donors (Lipinski definition) is 2. The molecule has 3 N–H and O–H groups in total. The van der Waals surface area contributed by atoms with Crippen LogP contribution in [0.15, 0.2) is 41.5 Å². The van der Waals surface area contributed by atoms with Gasteiger partial charge in [-0.2, -0.15) is 5.26 Å². The maximum absolute atomic E-state index is 14.5. The molecule has 1 aromatic heterocycles. The van der Waals surface area contributed by atoms with Crippen LogP contribution in [0.4, 0.5) is 18.9 Å². The van der Waals surface area contributed by atoms with Crippen molar-refractivity contribution >= 4 is 29.8 Å². The van der Waals surface area contributed by atoms with Crippen LogP contribution < -0.4 is 11.1 Å². The number of carbonyl (C=O) groups is 1. The number of aromatic nitrogens is 1. The van der Waals surface area contributed by atoms with E-state index < -0.39 is 29.3 Å². The fraction of sp³-hybridized carbons (Fsp3) is 0.263. The molecule has 7 nitrogen and oxygen atoms in total. The van der Waals surface area contributed by atoms with E-state index in [1.54, 1.807) is 0 Å². The molecule has 1 atom stereocenters. The zero-order valence-electron chi connectivity index (χ0n) is 15.4. The molecule has 0 fully saturated rings. The van der Waals surface area contributed by atoms with Crippen LogP contribution in [0.5, 0.6) is 0 Å². The number of benzene rings is 1. The zero-order chi connectivity index (χ0) is 21.0. The Bertz CT molecular complexity index is 995. The third kappa shape index (κ3) is 4.69. The molecule has 0 aliphatic carbocycles. The standard InChI is InChI=1S/C19H16F3N5O2.ClH/c20-14-3-2-12(26-17(28)15-4-1-11(8-23)9-25-15)7-13(14)19(18(21)22)5-6-29-10-16(24)27-19;/h1-4,7,9,18H,5-6,10H2,(H2,24,27)(H,26,28);1H/t19-;/m0./s1. The number of amides is 1. The maximum Gasteiger partial charge on any atom is 0.274 e. The summed E-state index contributed by atoms with van der Waals surface area (Å²) in [6, 6.07) is 7.94. The maximum atomic E-state index is 14.5. The van der Waals surface area contributed by atoms with E-state index in [0.29, 0.717) is 0 Å². The monoisotopic (exact) mass is 439 g/mol. The second kappa shape index (κ2) is 9.56. The van der Waals surface area contributed by atoms with Gasteiger partial charge in [0, 0.05) is 23.9 Å². The van der Waals surface area contributed by atoms with Crippen LogP contribution in [0.2, 0.25) is 0 Å². The Labute approximate surface area is 176 Å². The smallest absolute Gasteiger partial charge is 0.274 e. The van der Waals surface area contributed by atoms with Crippen molar-refractivity contribution in [3.05, 3.63) is 59.2 Å². The molecule has 0 saturated carbocycles. The lowest BCUT2D eigenvalue weighted by molar-refractivity contribution is 0.0331. The third-order valence-corrected chi connectivity index (χ3v) is 4.40. The average molecular weight is 440 g/mol. The van der Waals surface area contributed by atoms with Crippen LogP contribution in [0.25, 0.3) is 0 Å². The largest absolute Gasteiger partial charge is 0.385 e. The minimum atomic E-state index is -3.05. The molecule has 3 rings (SSSR count). The number of rotatable bonds is 4. The number of ether oxygens (including phenoxy) is 1. The van der Waals surface area contributed by atoms with Crippen molar-refractivity contribution in [3.63, 3.8) is 0 Å². The van der Waals surface area contributed by atoms with E-state index in [4.69, 9.17) is 15.7 Å². The fourth-order valence-electron chi connectivity index (χ4n) is 2.94. The van der Waals surface area contributed by atoms with Gasteiger partial charge in [-0.15, -0.1) is 12.4 Å². The van der Waals surface area contributed by atoms with Gasteiger partial charge < -0.3 is 15.8 Å². The number of nitrogens with two attached hydrogens (primary N) is 1. The Morgan fingerprint density at radius 3 is 2.73 bits per heavy atom. The van der Waals surface area contributed by atoms with Gasteiger partial charge in [0.05, 0.1) is 12.2 Å². The van der Waals surface area contributed by atoms with Gasteiger partial charge in [-0.05, 0) is 30.3 Å². The number of alkyl halides is 2. The first-order valence-electron chi connectivity index (χ1n) is 8.53. The Hall–Kier alpha value is -3.16. The number of nitriles is 1. The van der Waals surface area contributed by atoms with Crippen molar-refractivity contribution in [1.29, 1.82) is 5.26 Å². The Morgan fingerprint density at radius 1 is 1.33 bits per heavy atom. The van der Waals surface area contributed by atoms with Crippen LogP contribution in [-0.2, 0) is 10.3 Å². The summed E-state index contributed by atoms with van der Waals surface area (Å²) in [7, 11) is 0. The SMILES string of the molecule is Cl.N#Cc1ccc(C(=O)Nc2ccc(F)c([C@]3(C(F)F)CCOCC(N)=N3)c2)nc1. The number of hydrogen-bond acceptors (Lipinski definition) is 6. The summed E-state index contributed by atoms with van der Waals surface area (Å²) in [4.78, 5) is 20.1. The number of aliphatic imine (C=N–C) groups is 1. The molecule has 158 valence electrons. The molecular weight excluding hydrogens is 423 g/mol. The van der Waals surface area contributed by atoms with Crippen LogP contribution in [0.3, 0.4) is 0 Å². The number of nitrogens with zero attached hydrogens (tertiary/aromatic N) is 3. The summed E-state index contributed by atoms with van der Waals surface area (Å²) >= 11 is 0. The van der Waals surface area contributed by atoms with Gasteiger partial charge in [-0.25, -0.2) is 18.2 Å². The van der Waals surface area contributed by atoms with Crippen molar-refractivity contribution in [3.8, 4) is 6.07 Å². The minimum Gasteiger partial charge on any atom is -0.385 e. The summed E-state index contributed by atoms with van der Waals surface area (Å²) < 4.78 is 47.7. The van der Waals surface area contributed by atoms with E-state index in [2.05, 4.69) is 15.3 Å². The molecular formula is C19H17ClF3N5O2. The number of halogens is 4. The predicted octanol–water partition coefficient (Wildman–Crippen LogP) is 3.00. The van der Waals surface area contributed by atoms with Gasteiger partial charge in [0.1, 0.15) is 30.0 Å². The number of carbonyl (C=O) groups excluding carboxylic acids is 1. The molecule has 30 heavy (non-hydrogen) atoms. The molecule has 1 aliphatic rings. The lowest BCUT2D eigenvalue weighted by Gasteiger charge is -2.29. The van der Waals surface area contributed by atoms with Crippen LogP contribution >= 0.6 is 12.4 Å². The number of nitrogens with one attached hydrogen (secondary N) is 1. The lowest BCUT2D eigenvalue weighted by atomic mass is 9.87. The first-order valence-corrected chi connectivity index (χ1v) is 8.53. The first-order chi connectivity index (χ1) is 13.9. The number of amidine groups is 1. The van der Waals surface area contributed by atoms with E-state index >= 15 is 0 Å². The minimum absolute atomic E-state index is 0. The van der Waals surface area contributed by atoms with Crippen molar-refractivity contribution < 1.29 is 22.7 Å².